The summed E-state index contributed by atoms with van der Waals surface area (Å²) in [5.41, 5.74) is 2.61. The number of carbonyl (C=O) groups is 1. The number of piperazine rings is 1. The van der Waals surface area contributed by atoms with E-state index in [1.165, 1.54) is 16.0 Å². The van der Waals surface area contributed by atoms with E-state index >= 15 is 0 Å². The van der Waals surface area contributed by atoms with Crippen LogP contribution in [0.4, 0.5) is 0 Å². The van der Waals surface area contributed by atoms with E-state index in [-0.39, 0.29) is 5.91 Å². The minimum atomic E-state index is 0.173. The fraction of sp³-hybridized carbons (Fsp3) is 0.435. The maximum atomic E-state index is 12.2. The van der Waals surface area contributed by atoms with Crippen LogP contribution in [0.15, 0.2) is 48.5 Å². The van der Waals surface area contributed by atoms with E-state index in [4.69, 9.17) is 9.47 Å². The van der Waals surface area contributed by atoms with Gasteiger partial charge in [-0.15, -0.1) is 0 Å². The smallest absolute Gasteiger partial charge is 0.275 e. The van der Waals surface area contributed by atoms with Gasteiger partial charge in [-0.1, -0.05) is 30.3 Å². The van der Waals surface area contributed by atoms with Crippen molar-refractivity contribution < 1.29 is 24.1 Å². The summed E-state index contributed by atoms with van der Waals surface area (Å²) in [6.07, 6.45) is 1.99. The molecule has 6 nitrogen and oxygen atoms in total. The number of ether oxygens (including phenoxy) is 2. The van der Waals surface area contributed by atoms with E-state index in [1.807, 2.05) is 12.1 Å². The van der Waals surface area contributed by atoms with Crippen LogP contribution in [0.2, 0.25) is 0 Å². The number of carbonyl (C=O) groups excluding carboxylic acids is 1. The molecule has 0 unspecified atom stereocenters. The Balaban J connectivity index is 1.12. The Morgan fingerprint density at radius 3 is 2.48 bits per heavy atom. The van der Waals surface area contributed by atoms with Gasteiger partial charge in [0.05, 0.1) is 0 Å². The molecule has 2 heterocycles. The lowest BCUT2D eigenvalue weighted by atomic mass is 10.1. The normalized spacial score (nSPS) is 20.4. The molecule has 0 aliphatic carbocycles. The maximum absolute atomic E-state index is 12.2. The lowest BCUT2D eigenvalue weighted by molar-refractivity contribution is -1.02. The third-order valence-corrected chi connectivity index (χ3v) is 5.77. The van der Waals surface area contributed by atoms with E-state index < -0.39 is 0 Å². The highest BCUT2D eigenvalue weighted by Crippen LogP contribution is 2.32. The van der Waals surface area contributed by atoms with Gasteiger partial charge in [0.15, 0.2) is 18.0 Å². The van der Waals surface area contributed by atoms with Gasteiger partial charge >= 0.3 is 0 Å². The number of aryl methyl sites for hydroxylation is 1. The van der Waals surface area contributed by atoms with Crippen LogP contribution < -0.4 is 24.6 Å². The van der Waals surface area contributed by atoms with Crippen LogP contribution in [-0.2, 0) is 17.8 Å². The fourth-order valence-corrected chi connectivity index (χ4v) is 4.10. The molecular formula is C23H31N3O3+2. The molecule has 2 aliphatic heterocycles. The average Bonchev–Trinajstić information content (AvgIpc) is 3.21. The van der Waals surface area contributed by atoms with Crippen molar-refractivity contribution in [1.82, 2.24) is 5.32 Å². The molecule has 1 amide bonds. The summed E-state index contributed by atoms with van der Waals surface area (Å²) in [5.74, 6) is 1.87. The van der Waals surface area contributed by atoms with E-state index in [1.54, 1.807) is 4.90 Å². The van der Waals surface area contributed by atoms with Gasteiger partial charge in [0.25, 0.3) is 5.91 Å². The Morgan fingerprint density at radius 2 is 1.66 bits per heavy atom. The molecule has 3 N–H and O–H groups in total. The van der Waals surface area contributed by atoms with Gasteiger partial charge in [-0.2, -0.15) is 0 Å². The summed E-state index contributed by atoms with van der Waals surface area (Å²) in [4.78, 5) is 15.2. The molecule has 0 atom stereocenters. The van der Waals surface area contributed by atoms with Crippen molar-refractivity contribution >= 4 is 5.91 Å². The lowest BCUT2D eigenvalue weighted by Crippen LogP contribution is -3.28. The van der Waals surface area contributed by atoms with Crippen LogP contribution in [0.25, 0.3) is 0 Å². The summed E-state index contributed by atoms with van der Waals surface area (Å²) in [7, 11) is 0. The van der Waals surface area contributed by atoms with Gasteiger partial charge < -0.3 is 24.6 Å². The second-order valence-corrected chi connectivity index (χ2v) is 7.98. The summed E-state index contributed by atoms with van der Waals surface area (Å²) >= 11 is 0. The van der Waals surface area contributed by atoms with Gasteiger partial charge in [-0.05, 0) is 36.6 Å². The maximum Gasteiger partial charge on any atom is 0.275 e. The highest BCUT2D eigenvalue weighted by molar-refractivity contribution is 5.76. The first-order valence-electron chi connectivity index (χ1n) is 10.6. The summed E-state index contributed by atoms with van der Waals surface area (Å²) < 4.78 is 10.9. The Labute approximate surface area is 172 Å². The van der Waals surface area contributed by atoms with E-state index in [2.05, 4.69) is 41.7 Å². The molecular weight excluding hydrogens is 366 g/mol. The molecule has 0 saturated carbocycles. The number of hydrogen-bond donors (Lipinski definition) is 3. The largest absolute Gasteiger partial charge is 0.454 e. The predicted octanol–water partition coefficient (Wildman–Crippen LogP) is -0.552. The molecule has 0 bridgehead atoms. The highest BCUT2D eigenvalue weighted by atomic mass is 16.7. The molecule has 4 rings (SSSR count). The van der Waals surface area contributed by atoms with Crippen molar-refractivity contribution in [2.24, 2.45) is 0 Å². The van der Waals surface area contributed by atoms with Crippen molar-refractivity contribution in [2.75, 3.05) is 46.1 Å². The van der Waals surface area contributed by atoms with Crippen LogP contribution in [0, 0.1) is 0 Å². The zero-order valence-electron chi connectivity index (χ0n) is 16.9. The first-order chi connectivity index (χ1) is 14.3. The van der Waals surface area contributed by atoms with Crippen LogP contribution in [-0.4, -0.2) is 52.0 Å². The van der Waals surface area contributed by atoms with Gasteiger partial charge in [0.2, 0.25) is 6.79 Å². The standard InChI is InChI=1S/C23H29N3O3/c27-23(24-10-4-7-19-5-2-1-3-6-19)17-26-13-11-25(12-14-26)16-20-8-9-21-22(15-20)29-18-28-21/h1-3,5-6,8-9,15H,4,7,10-14,16-18H2,(H,24,27)/p+2. The number of amides is 1. The Hall–Kier alpha value is -2.57. The summed E-state index contributed by atoms with van der Waals surface area (Å²) in [5, 5.41) is 3.08. The average molecular weight is 398 g/mol. The number of fused-ring (bicyclic) bond motifs is 1. The minimum Gasteiger partial charge on any atom is -0.454 e. The van der Waals surface area contributed by atoms with Crippen LogP contribution in [0.1, 0.15) is 17.5 Å². The van der Waals surface area contributed by atoms with Crippen molar-refractivity contribution in [3.05, 3.63) is 59.7 Å². The quantitative estimate of drug-likeness (QED) is 0.524. The first-order valence-corrected chi connectivity index (χ1v) is 10.6. The monoisotopic (exact) mass is 397 g/mol. The zero-order valence-corrected chi connectivity index (χ0v) is 16.9. The molecule has 29 heavy (non-hydrogen) atoms. The fourth-order valence-electron chi connectivity index (χ4n) is 4.10. The molecule has 6 heteroatoms. The molecule has 0 radical (unpaired) electrons. The molecule has 0 aromatic heterocycles. The van der Waals surface area contributed by atoms with Gasteiger partial charge in [-0.25, -0.2) is 0 Å². The zero-order chi connectivity index (χ0) is 19.9. The van der Waals surface area contributed by atoms with Gasteiger partial charge in [0.1, 0.15) is 32.7 Å². The Morgan fingerprint density at radius 1 is 0.897 bits per heavy atom. The molecule has 0 spiro atoms. The van der Waals surface area contributed by atoms with Crippen molar-refractivity contribution in [1.29, 1.82) is 0 Å². The van der Waals surface area contributed by atoms with Crippen molar-refractivity contribution in [3.8, 4) is 11.5 Å². The first kappa shape index (κ1) is 19.7. The predicted molar refractivity (Wildman–Crippen MR) is 110 cm³/mol. The third-order valence-electron chi connectivity index (χ3n) is 5.77. The second kappa shape index (κ2) is 9.76. The number of nitrogens with one attached hydrogen (secondary N) is 3. The molecule has 2 aromatic carbocycles. The number of benzene rings is 2. The SMILES string of the molecule is O=C(C[NH+]1CC[NH+](Cc2ccc3c(c2)OCO3)CC1)NCCCc1ccccc1. The molecule has 1 saturated heterocycles. The molecule has 1 fully saturated rings. The summed E-state index contributed by atoms with van der Waals surface area (Å²) in [6, 6.07) is 16.6. The van der Waals surface area contributed by atoms with E-state index in [0.717, 1.165) is 63.6 Å². The topological polar surface area (TPSA) is 56.4 Å². The van der Waals surface area contributed by atoms with Gasteiger partial charge in [-0.3, -0.25) is 4.79 Å². The third kappa shape index (κ3) is 5.71. The minimum absolute atomic E-state index is 0.173. The molecule has 2 aromatic rings. The van der Waals surface area contributed by atoms with E-state index in [9.17, 15) is 4.79 Å². The van der Waals surface area contributed by atoms with Crippen molar-refractivity contribution in [3.63, 3.8) is 0 Å². The number of quaternary nitrogens is 2. The van der Waals surface area contributed by atoms with Crippen LogP contribution in [0.3, 0.4) is 0 Å². The van der Waals surface area contributed by atoms with Crippen molar-refractivity contribution in [2.45, 2.75) is 19.4 Å². The lowest BCUT2D eigenvalue weighted by Gasteiger charge is -2.29. The summed E-state index contributed by atoms with van der Waals surface area (Å²) in [6.45, 7) is 6.91. The Kier molecular flexibility index (Phi) is 6.64. The Bertz CT molecular complexity index is 804. The van der Waals surface area contributed by atoms with Crippen LogP contribution in [0.5, 0.6) is 11.5 Å². The molecule has 2 aliphatic rings. The number of hydrogen-bond acceptors (Lipinski definition) is 3. The second-order valence-electron chi connectivity index (χ2n) is 7.98. The van der Waals surface area contributed by atoms with Crippen LogP contribution >= 0.6 is 0 Å². The van der Waals surface area contributed by atoms with E-state index in [0.29, 0.717) is 13.3 Å². The highest BCUT2D eigenvalue weighted by Gasteiger charge is 2.25. The number of rotatable bonds is 8. The van der Waals surface area contributed by atoms with Gasteiger partial charge in [0, 0.05) is 12.1 Å². The molecule has 154 valence electrons.